The Morgan fingerprint density at radius 2 is 1.27 bits per heavy atom. The molecular weight excluding hydrogens is 701 g/mol. The summed E-state index contributed by atoms with van der Waals surface area (Å²) in [7, 11) is 0. The van der Waals surface area contributed by atoms with Gasteiger partial charge in [0.1, 0.15) is 5.75 Å². The van der Waals surface area contributed by atoms with E-state index in [9.17, 15) is 19.8 Å². The van der Waals surface area contributed by atoms with Gasteiger partial charge in [0.25, 0.3) is 0 Å². The van der Waals surface area contributed by atoms with Crippen LogP contribution in [0.1, 0.15) is 146 Å². The molecule has 0 saturated heterocycles. The second-order valence-electron chi connectivity index (χ2n) is 17.2. The van der Waals surface area contributed by atoms with E-state index in [0.717, 1.165) is 53.0 Å². The van der Waals surface area contributed by atoms with Crippen LogP contribution in [0.2, 0.25) is 0 Å². The number of aliphatic hydroxyl groups is 2. The minimum Gasteiger partial charge on any atom is -0.493 e. The molecule has 2 aliphatic carbocycles. The fourth-order valence-electron chi connectivity index (χ4n) is 9.08. The predicted octanol–water partition coefficient (Wildman–Crippen LogP) is 10.7. The van der Waals surface area contributed by atoms with Gasteiger partial charge in [0.2, 0.25) is 0 Å². The molecule has 0 aliphatic heterocycles. The van der Waals surface area contributed by atoms with Gasteiger partial charge < -0.3 is 24.4 Å². The largest absolute Gasteiger partial charge is 0.493 e. The highest BCUT2D eigenvalue weighted by molar-refractivity contribution is 5.87. The Kier molecular flexibility index (Phi) is 18.2. The van der Waals surface area contributed by atoms with Crippen molar-refractivity contribution in [1.29, 1.82) is 0 Å². The van der Waals surface area contributed by atoms with Gasteiger partial charge in [-0.3, -0.25) is 0 Å². The summed E-state index contributed by atoms with van der Waals surface area (Å²) in [4.78, 5) is 24.4. The maximum atomic E-state index is 12.2. The zero-order chi connectivity index (χ0) is 40.7. The second-order valence-corrected chi connectivity index (χ2v) is 17.2. The molecule has 0 bridgehead atoms. The van der Waals surface area contributed by atoms with E-state index in [2.05, 4.69) is 64.3 Å². The number of ether oxygens (including phenoxy) is 3. The molecule has 2 fully saturated rings. The second kappa shape index (κ2) is 22.5. The van der Waals surface area contributed by atoms with Crippen molar-refractivity contribution in [3.05, 3.63) is 76.9 Å². The Hall–Kier alpha value is -3.42. The average Bonchev–Trinajstić information content (AvgIpc) is 3.21. The van der Waals surface area contributed by atoms with Crippen LogP contribution in [0.4, 0.5) is 0 Å². The lowest BCUT2D eigenvalue weighted by atomic mass is 9.68. The van der Waals surface area contributed by atoms with Gasteiger partial charge >= 0.3 is 11.9 Å². The summed E-state index contributed by atoms with van der Waals surface area (Å²) in [5.74, 6) is 3.30. The number of hydrogen-bond acceptors (Lipinski definition) is 7. The molecule has 0 heterocycles. The van der Waals surface area contributed by atoms with Crippen LogP contribution in [0.15, 0.2) is 54.6 Å². The van der Waals surface area contributed by atoms with E-state index in [0.29, 0.717) is 62.2 Å². The average molecular weight is 773 g/mol. The summed E-state index contributed by atoms with van der Waals surface area (Å²) in [6.45, 7) is 18.0. The molecule has 310 valence electrons. The minimum absolute atomic E-state index is 0.112. The lowest BCUT2D eigenvalue weighted by Gasteiger charge is -2.37. The third kappa shape index (κ3) is 12.8. The van der Waals surface area contributed by atoms with Crippen molar-refractivity contribution in [2.45, 2.75) is 143 Å². The Morgan fingerprint density at radius 3 is 1.75 bits per heavy atom. The van der Waals surface area contributed by atoms with Crippen LogP contribution in [0.25, 0.3) is 11.1 Å². The van der Waals surface area contributed by atoms with Crippen molar-refractivity contribution in [2.75, 3.05) is 33.0 Å². The predicted molar refractivity (Wildman–Crippen MR) is 227 cm³/mol. The quantitative estimate of drug-likeness (QED) is 0.0698. The monoisotopic (exact) mass is 773 g/mol. The summed E-state index contributed by atoms with van der Waals surface area (Å²) in [6, 6.07) is 11.6. The zero-order valence-corrected chi connectivity index (χ0v) is 35.4. The first-order chi connectivity index (χ1) is 26.9. The van der Waals surface area contributed by atoms with Gasteiger partial charge in [-0.15, -0.1) is 0 Å². The SMILES string of the molecule is C=C(C)C(=O)OCCCc1cc(-c2ccc(C3CCC(C4CCC(C)CC4)CC3)cc2CC)cc(CCCOC(=O)C(=C)C)c1OCCC(CO)(CO)CCC. The van der Waals surface area contributed by atoms with Gasteiger partial charge in [-0.25, -0.2) is 9.59 Å². The van der Waals surface area contributed by atoms with Crippen molar-refractivity contribution in [3.63, 3.8) is 0 Å². The lowest BCUT2D eigenvalue weighted by molar-refractivity contribution is -0.139. The molecule has 56 heavy (non-hydrogen) atoms. The molecule has 0 aromatic heterocycles. The molecule has 0 radical (unpaired) electrons. The maximum absolute atomic E-state index is 12.2. The summed E-state index contributed by atoms with van der Waals surface area (Å²) >= 11 is 0. The molecular formula is C49H72O7. The smallest absolute Gasteiger partial charge is 0.333 e. The number of rotatable bonds is 22. The van der Waals surface area contributed by atoms with E-state index in [-0.39, 0.29) is 26.4 Å². The maximum Gasteiger partial charge on any atom is 0.333 e. The number of carbonyl (C=O) groups excluding carboxylic acids is 2. The van der Waals surface area contributed by atoms with Gasteiger partial charge in [0.05, 0.1) is 33.0 Å². The number of hydrogen-bond donors (Lipinski definition) is 2. The lowest BCUT2D eigenvalue weighted by Crippen LogP contribution is -2.31. The Balaban J connectivity index is 1.64. The van der Waals surface area contributed by atoms with Crippen molar-refractivity contribution in [1.82, 2.24) is 0 Å². The van der Waals surface area contributed by atoms with E-state index in [1.807, 2.05) is 0 Å². The zero-order valence-electron chi connectivity index (χ0n) is 35.4. The number of aliphatic hydroxyl groups excluding tert-OH is 2. The molecule has 7 heteroatoms. The first kappa shape index (κ1) is 45.3. The molecule has 0 atom stereocenters. The Morgan fingerprint density at radius 1 is 0.732 bits per heavy atom. The van der Waals surface area contributed by atoms with Gasteiger partial charge in [-0.05, 0) is 167 Å². The molecule has 0 amide bonds. The summed E-state index contributed by atoms with van der Waals surface area (Å²) < 4.78 is 17.6. The molecule has 2 saturated carbocycles. The van der Waals surface area contributed by atoms with Gasteiger partial charge in [0, 0.05) is 16.6 Å². The molecule has 2 aromatic rings. The topological polar surface area (TPSA) is 102 Å². The van der Waals surface area contributed by atoms with Gasteiger partial charge in [0.15, 0.2) is 0 Å². The van der Waals surface area contributed by atoms with E-state index in [1.54, 1.807) is 13.8 Å². The first-order valence-corrected chi connectivity index (χ1v) is 21.7. The molecule has 4 rings (SSSR count). The van der Waals surface area contributed by atoms with Crippen molar-refractivity contribution in [3.8, 4) is 16.9 Å². The van der Waals surface area contributed by atoms with Crippen LogP contribution in [-0.4, -0.2) is 55.2 Å². The van der Waals surface area contributed by atoms with Crippen LogP contribution >= 0.6 is 0 Å². The van der Waals surface area contributed by atoms with E-state index in [4.69, 9.17) is 14.2 Å². The Bertz CT molecular complexity index is 1530. The summed E-state index contributed by atoms with van der Waals surface area (Å²) in [6.07, 6.45) is 16.3. The van der Waals surface area contributed by atoms with Crippen LogP contribution in [0.3, 0.4) is 0 Å². The van der Waals surface area contributed by atoms with E-state index < -0.39 is 17.4 Å². The highest BCUT2D eigenvalue weighted by atomic mass is 16.5. The van der Waals surface area contributed by atoms with Gasteiger partial charge in [-0.1, -0.05) is 71.4 Å². The number of benzene rings is 2. The summed E-state index contributed by atoms with van der Waals surface area (Å²) in [5.41, 5.74) is 7.27. The van der Waals surface area contributed by atoms with E-state index >= 15 is 0 Å². The first-order valence-electron chi connectivity index (χ1n) is 21.7. The number of esters is 2. The van der Waals surface area contributed by atoms with Crippen molar-refractivity contribution in [2.24, 2.45) is 23.2 Å². The molecule has 2 aromatic carbocycles. The van der Waals surface area contributed by atoms with Crippen molar-refractivity contribution >= 4 is 11.9 Å². The standard InChI is InChI=1S/C49H72O7/c1-8-24-49(32-50,33-51)25-28-54-46-42(12-10-26-55-47(52)34(3)4)30-44(31-43(46)13-11-27-56-48(53)35(5)6)45-23-22-41(29-37(45)9-2)40-20-18-39(19-21-40)38-16-14-36(7)15-17-38/h22-23,29-31,36,38-40,50-51H,3,5,8-21,24-28,32-33H2,1-2,4,6-7H3. The molecule has 0 spiro atoms. The molecule has 7 nitrogen and oxygen atoms in total. The fraction of sp³-hybridized carbons (Fsp3) is 0.633. The molecule has 2 aliphatic rings. The molecule has 0 unspecified atom stereocenters. The number of aryl methyl sites for hydroxylation is 3. The van der Waals surface area contributed by atoms with Crippen LogP contribution in [0, 0.1) is 23.2 Å². The van der Waals surface area contributed by atoms with E-state index in [1.165, 1.54) is 68.1 Å². The number of carbonyl (C=O) groups is 2. The van der Waals surface area contributed by atoms with Crippen molar-refractivity contribution < 1.29 is 34.0 Å². The van der Waals surface area contributed by atoms with Gasteiger partial charge in [-0.2, -0.15) is 0 Å². The van der Waals surface area contributed by atoms with Crippen LogP contribution < -0.4 is 4.74 Å². The molecule has 2 N–H and O–H groups in total. The fourth-order valence-corrected chi connectivity index (χ4v) is 9.08. The third-order valence-corrected chi connectivity index (χ3v) is 12.7. The third-order valence-electron chi connectivity index (χ3n) is 12.7. The highest BCUT2D eigenvalue weighted by Gasteiger charge is 2.31. The minimum atomic E-state index is -0.617. The van der Waals surface area contributed by atoms with Crippen LogP contribution in [0.5, 0.6) is 5.75 Å². The normalized spacial score (nSPS) is 20.0. The summed E-state index contributed by atoms with van der Waals surface area (Å²) in [5, 5.41) is 20.5. The highest BCUT2D eigenvalue weighted by Crippen LogP contribution is 2.45. The van der Waals surface area contributed by atoms with Crippen LogP contribution in [-0.2, 0) is 38.3 Å². The Labute approximate surface area is 338 Å².